The third-order valence-electron chi connectivity index (χ3n) is 3.69. The summed E-state index contributed by atoms with van der Waals surface area (Å²) in [7, 11) is 0. The fraction of sp³-hybridized carbons (Fsp3) is 0.333. The summed E-state index contributed by atoms with van der Waals surface area (Å²) < 4.78 is 6.20. The highest BCUT2D eigenvalue weighted by atomic mass is 79.9. The van der Waals surface area contributed by atoms with Crippen molar-refractivity contribution in [1.82, 2.24) is 4.98 Å². The van der Waals surface area contributed by atoms with E-state index in [1.165, 1.54) is 0 Å². The number of ether oxygens (including phenoxy) is 1. The Bertz CT molecular complexity index is 712. The molecule has 6 heteroatoms. The van der Waals surface area contributed by atoms with E-state index in [4.69, 9.17) is 4.74 Å². The van der Waals surface area contributed by atoms with Crippen LogP contribution in [0.1, 0.15) is 15.9 Å². The molecule has 3 rings (SSSR count). The van der Waals surface area contributed by atoms with Crippen LogP contribution in [0.25, 0.3) is 10.9 Å². The molecule has 0 saturated carbocycles. The van der Waals surface area contributed by atoms with Crippen LogP contribution in [0, 0.1) is 6.92 Å². The Morgan fingerprint density at radius 2 is 2.10 bits per heavy atom. The van der Waals surface area contributed by atoms with Gasteiger partial charge in [-0.15, -0.1) is 0 Å². The van der Waals surface area contributed by atoms with Gasteiger partial charge in [0.2, 0.25) is 0 Å². The van der Waals surface area contributed by atoms with Gasteiger partial charge in [0.05, 0.1) is 24.3 Å². The minimum atomic E-state index is -0.924. The second-order valence-corrected chi connectivity index (χ2v) is 5.92. The Morgan fingerprint density at radius 3 is 2.76 bits per heavy atom. The first-order valence-corrected chi connectivity index (χ1v) is 7.53. The third-order valence-corrected chi connectivity index (χ3v) is 4.18. The molecule has 1 aromatic heterocycles. The number of carbonyl (C=O) groups is 1. The molecular formula is C15H15BrN2O3. The van der Waals surface area contributed by atoms with E-state index in [-0.39, 0.29) is 0 Å². The van der Waals surface area contributed by atoms with Gasteiger partial charge in [0.25, 0.3) is 0 Å². The fourth-order valence-corrected chi connectivity index (χ4v) is 3.04. The van der Waals surface area contributed by atoms with E-state index in [9.17, 15) is 9.90 Å². The van der Waals surface area contributed by atoms with E-state index in [0.29, 0.717) is 35.2 Å². The van der Waals surface area contributed by atoms with Crippen molar-refractivity contribution in [2.45, 2.75) is 6.92 Å². The lowest BCUT2D eigenvalue weighted by Gasteiger charge is -2.29. The molecule has 1 aromatic carbocycles. The molecule has 0 spiro atoms. The van der Waals surface area contributed by atoms with E-state index in [1.807, 2.05) is 25.1 Å². The normalized spacial score (nSPS) is 15.4. The molecule has 0 atom stereocenters. The number of hydrogen-bond acceptors (Lipinski definition) is 4. The number of carboxylic acid groups (broad SMARTS) is 1. The summed E-state index contributed by atoms with van der Waals surface area (Å²) in [5.41, 5.74) is 1.72. The fourth-order valence-electron chi connectivity index (χ4n) is 2.68. The van der Waals surface area contributed by atoms with Crippen molar-refractivity contribution in [2.75, 3.05) is 31.2 Å². The maximum atomic E-state index is 11.7. The molecule has 0 radical (unpaired) electrons. The Hall–Kier alpha value is -1.66. The molecule has 1 aliphatic rings. The first-order valence-electron chi connectivity index (χ1n) is 6.74. The number of fused-ring (bicyclic) bond motifs is 1. The van der Waals surface area contributed by atoms with Crippen molar-refractivity contribution in [3.63, 3.8) is 0 Å². The van der Waals surface area contributed by atoms with Crippen molar-refractivity contribution < 1.29 is 14.6 Å². The van der Waals surface area contributed by atoms with Crippen LogP contribution in [-0.4, -0.2) is 42.4 Å². The van der Waals surface area contributed by atoms with Crippen LogP contribution < -0.4 is 4.90 Å². The molecule has 2 heterocycles. The number of nitrogens with zero attached hydrogens (tertiary/aromatic N) is 2. The lowest BCUT2D eigenvalue weighted by molar-refractivity contribution is 0.0698. The van der Waals surface area contributed by atoms with E-state index >= 15 is 0 Å². The lowest BCUT2D eigenvalue weighted by atomic mass is 10.0. The lowest BCUT2D eigenvalue weighted by Crippen LogP contribution is -2.37. The SMILES string of the molecule is Cc1c(N2CCOCC2)nc2ccc(Br)cc2c1C(=O)O. The Kier molecular flexibility index (Phi) is 3.82. The van der Waals surface area contributed by atoms with Crippen LogP contribution in [0.2, 0.25) is 0 Å². The number of rotatable bonds is 2. The van der Waals surface area contributed by atoms with Crippen molar-refractivity contribution in [2.24, 2.45) is 0 Å². The van der Waals surface area contributed by atoms with Crippen molar-refractivity contribution in [1.29, 1.82) is 0 Å². The third kappa shape index (κ3) is 2.61. The second kappa shape index (κ2) is 5.61. The largest absolute Gasteiger partial charge is 0.478 e. The summed E-state index contributed by atoms with van der Waals surface area (Å²) in [5.74, 6) is -0.182. The molecule has 5 nitrogen and oxygen atoms in total. The summed E-state index contributed by atoms with van der Waals surface area (Å²) in [5, 5.41) is 10.2. The maximum absolute atomic E-state index is 11.7. The van der Waals surface area contributed by atoms with Crippen LogP contribution in [0.3, 0.4) is 0 Å². The number of pyridine rings is 1. The van der Waals surface area contributed by atoms with E-state index in [0.717, 1.165) is 23.4 Å². The summed E-state index contributed by atoms with van der Waals surface area (Å²) in [4.78, 5) is 18.5. The number of carboxylic acids is 1. The standard InChI is InChI=1S/C15H15BrN2O3/c1-9-13(15(19)20)11-8-10(16)2-3-12(11)17-14(9)18-4-6-21-7-5-18/h2-3,8H,4-7H2,1H3,(H,19,20). The smallest absolute Gasteiger partial charge is 0.336 e. The van der Waals surface area contributed by atoms with Crippen LogP contribution in [0.5, 0.6) is 0 Å². The molecule has 0 bridgehead atoms. The number of halogens is 1. The molecule has 0 aliphatic carbocycles. The molecule has 110 valence electrons. The van der Waals surface area contributed by atoms with Gasteiger partial charge in [-0.25, -0.2) is 9.78 Å². The summed E-state index contributed by atoms with van der Waals surface area (Å²) >= 11 is 3.39. The highest BCUT2D eigenvalue weighted by Crippen LogP contribution is 2.30. The Balaban J connectivity index is 2.24. The van der Waals surface area contributed by atoms with E-state index < -0.39 is 5.97 Å². The minimum absolute atomic E-state index is 0.322. The summed E-state index contributed by atoms with van der Waals surface area (Å²) in [6, 6.07) is 5.52. The molecule has 1 saturated heterocycles. The molecular weight excluding hydrogens is 336 g/mol. The summed E-state index contributed by atoms with van der Waals surface area (Å²) in [6.07, 6.45) is 0. The van der Waals surface area contributed by atoms with Gasteiger partial charge < -0.3 is 14.7 Å². The predicted octanol–water partition coefficient (Wildman–Crippen LogP) is 2.84. The van der Waals surface area contributed by atoms with E-state index in [2.05, 4.69) is 25.8 Å². The monoisotopic (exact) mass is 350 g/mol. The van der Waals surface area contributed by atoms with Gasteiger partial charge in [-0.05, 0) is 25.1 Å². The van der Waals surface area contributed by atoms with Gasteiger partial charge >= 0.3 is 5.97 Å². The highest BCUT2D eigenvalue weighted by molar-refractivity contribution is 9.10. The highest BCUT2D eigenvalue weighted by Gasteiger charge is 2.22. The van der Waals surface area contributed by atoms with Crippen LogP contribution in [-0.2, 0) is 4.74 Å². The zero-order valence-corrected chi connectivity index (χ0v) is 13.2. The van der Waals surface area contributed by atoms with Crippen molar-refractivity contribution >= 4 is 38.6 Å². The second-order valence-electron chi connectivity index (χ2n) is 5.00. The topological polar surface area (TPSA) is 62.7 Å². The Morgan fingerprint density at radius 1 is 1.38 bits per heavy atom. The molecule has 0 unspecified atom stereocenters. The molecule has 2 aromatic rings. The summed E-state index contributed by atoms with van der Waals surface area (Å²) in [6.45, 7) is 4.56. The van der Waals surface area contributed by atoms with Gasteiger partial charge in [-0.2, -0.15) is 0 Å². The van der Waals surface area contributed by atoms with Crippen LogP contribution in [0.4, 0.5) is 5.82 Å². The number of benzene rings is 1. The van der Waals surface area contributed by atoms with Crippen molar-refractivity contribution in [3.8, 4) is 0 Å². The van der Waals surface area contributed by atoms with Gasteiger partial charge in [0.15, 0.2) is 0 Å². The van der Waals surface area contributed by atoms with Gasteiger partial charge in [0.1, 0.15) is 5.82 Å². The van der Waals surface area contributed by atoms with Gasteiger partial charge in [-0.3, -0.25) is 0 Å². The zero-order valence-electron chi connectivity index (χ0n) is 11.6. The number of morpholine rings is 1. The van der Waals surface area contributed by atoms with Gasteiger partial charge in [-0.1, -0.05) is 15.9 Å². The first kappa shape index (κ1) is 14.3. The average molecular weight is 351 g/mol. The maximum Gasteiger partial charge on any atom is 0.336 e. The first-order chi connectivity index (χ1) is 10.1. The molecule has 1 N–H and O–H groups in total. The van der Waals surface area contributed by atoms with E-state index in [1.54, 1.807) is 0 Å². The zero-order chi connectivity index (χ0) is 15.0. The number of anilines is 1. The number of hydrogen-bond donors (Lipinski definition) is 1. The predicted molar refractivity (Wildman–Crippen MR) is 84.2 cm³/mol. The van der Waals surface area contributed by atoms with Crippen molar-refractivity contribution in [3.05, 3.63) is 33.8 Å². The number of aromatic nitrogens is 1. The van der Waals surface area contributed by atoms with Crippen LogP contribution >= 0.6 is 15.9 Å². The molecule has 0 amide bonds. The molecule has 21 heavy (non-hydrogen) atoms. The van der Waals surface area contributed by atoms with Crippen LogP contribution in [0.15, 0.2) is 22.7 Å². The quantitative estimate of drug-likeness (QED) is 0.902. The minimum Gasteiger partial charge on any atom is -0.478 e. The van der Waals surface area contributed by atoms with Gasteiger partial charge in [0, 0.05) is 28.5 Å². The molecule has 1 aliphatic heterocycles. The average Bonchev–Trinajstić information content (AvgIpc) is 2.47. The number of aromatic carboxylic acids is 1. The molecule has 1 fully saturated rings. The Labute approximate surface area is 130 Å².